The minimum Gasteiger partial charge on any atom is -0.456 e. The lowest BCUT2D eigenvalue weighted by Gasteiger charge is -2.06. The van der Waals surface area contributed by atoms with Crippen LogP contribution in [0.1, 0.15) is 0 Å². The second-order valence-electron chi connectivity index (χ2n) is 12.7. The fourth-order valence-corrected chi connectivity index (χ4v) is 6.73. The van der Waals surface area contributed by atoms with Crippen LogP contribution in [0.2, 0.25) is 15.9 Å². The molecule has 0 aliphatic rings. The van der Waals surface area contributed by atoms with E-state index in [9.17, 15) is 10.0 Å². The van der Waals surface area contributed by atoms with Crippen molar-refractivity contribution in [1.82, 2.24) is 29.9 Å². The molecular weight excluding hydrogens is 813 g/mol. The van der Waals surface area contributed by atoms with E-state index >= 15 is 0 Å². The summed E-state index contributed by atoms with van der Waals surface area (Å²) in [6.45, 7) is 0. The second-order valence-corrected chi connectivity index (χ2v) is 13.7. The van der Waals surface area contributed by atoms with Gasteiger partial charge in [0.1, 0.15) is 22.3 Å². The molecule has 0 saturated heterocycles. The molecule has 0 fully saturated rings. The predicted molar refractivity (Wildman–Crippen MR) is 245 cm³/mol. The number of rotatable bonds is 4. The first-order valence-electron chi connectivity index (χ1n) is 18.1. The maximum absolute atomic E-state index is 9.31. The predicted octanol–water partition coefficient (Wildman–Crippen LogP) is 8.35. The van der Waals surface area contributed by atoms with Crippen molar-refractivity contribution in [2.24, 2.45) is 0 Å². The van der Waals surface area contributed by atoms with Gasteiger partial charge in [0.05, 0.1) is 0 Å². The molecule has 0 aliphatic heterocycles. The molecule has 10 nitrogen and oxygen atoms in total. The highest BCUT2D eigenvalue weighted by molar-refractivity contribution is 7.49. The average molecular weight is 839 g/mol. The van der Waals surface area contributed by atoms with Crippen molar-refractivity contribution in [2.75, 3.05) is 0 Å². The number of nitrogens with zero attached hydrogens (tertiary/aromatic N) is 6. The number of furan rings is 2. The van der Waals surface area contributed by atoms with Gasteiger partial charge in [0, 0.05) is 67.8 Å². The van der Waals surface area contributed by atoms with Gasteiger partial charge in [-0.05, 0) is 64.5 Å². The summed E-state index contributed by atoms with van der Waals surface area (Å²) in [6, 6.07) is 45.8. The largest absolute Gasteiger partial charge is 0.489 e. The Kier molecular flexibility index (Phi) is 13.6. The molecule has 10 aromatic rings. The van der Waals surface area contributed by atoms with E-state index in [0.717, 1.165) is 55.0 Å². The lowest BCUT2D eigenvalue weighted by atomic mass is 9.08. The van der Waals surface area contributed by atoms with Crippen LogP contribution >= 0.6 is 34.8 Å². The molecular formula is C42H26B5Cl3N6O4. The smallest absolute Gasteiger partial charge is 0.456 e. The molecule has 0 spiro atoms. The first-order chi connectivity index (χ1) is 29.0. The van der Waals surface area contributed by atoms with Crippen LogP contribution in [0.3, 0.4) is 0 Å². The molecule has 0 atom stereocenters. The van der Waals surface area contributed by atoms with Gasteiger partial charge in [-0.15, -0.1) is 0 Å². The maximum Gasteiger partial charge on any atom is 0.489 e. The van der Waals surface area contributed by atoms with Crippen LogP contribution in [0.4, 0.5) is 0 Å². The zero-order valence-corrected chi connectivity index (χ0v) is 33.5. The topological polar surface area (TPSA) is 144 Å². The molecule has 0 unspecified atom stereocenters. The van der Waals surface area contributed by atoms with Gasteiger partial charge >= 0.3 is 7.12 Å². The average Bonchev–Trinajstić information content (AvgIpc) is 3.83. The zero-order chi connectivity index (χ0) is 42.2. The first kappa shape index (κ1) is 42.2. The molecule has 0 amide bonds. The standard InChI is InChI=1S/C21H12ClN3O.C12H9BO3.C9H5Cl2N3.B4/c22-21-24-19(13-7-2-1-3-8-13)23-20(25-21)15-10-6-12-17-18(15)14-9-4-5-11-16(14)26-17;14-13(15)9-5-3-7-11-12(9)8-4-1-2-6-10(8)16-11;10-8-12-7(13-9(11)14-8)6-4-2-1-3-5-6;1-4(2)3/h1-12H;1-7,14-15H;1-5H;. The van der Waals surface area contributed by atoms with E-state index in [-0.39, 0.29) is 15.9 Å². The summed E-state index contributed by atoms with van der Waals surface area (Å²) in [7, 11) is 12.5. The van der Waals surface area contributed by atoms with Crippen molar-refractivity contribution >= 4 is 121 Å². The van der Waals surface area contributed by atoms with Crippen LogP contribution < -0.4 is 5.46 Å². The second kappa shape index (κ2) is 19.4. The molecule has 4 heterocycles. The highest BCUT2D eigenvalue weighted by Crippen LogP contribution is 2.36. The minimum absolute atomic E-state index is 0.101. The first-order valence-corrected chi connectivity index (χ1v) is 19.2. The molecule has 2 N–H and O–H groups in total. The fourth-order valence-electron chi connectivity index (χ4n) is 6.21. The third kappa shape index (κ3) is 10.1. The number of para-hydroxylation sites is 2. The Morgan fingerprint density at radius 2 is 0.817 bits per heavy atom. The molecule has 284 valence electrons. The Labute approximate surface area is 363 Å². The summed E-state index contributed by atoms with van der Waals surface area (Å²) in [4.78, 5) is 24.9. The maximum atomic E-state index is 9.31. The van der Waals surface area contributed by atoms with Crippen LogP contribution in [0.25, 0.3) is 78.0 Å². The monoisotopic (exact) mass is 838 g/mol. The van der Waals surface area contributed by atoms with Crippen LogP contribution in [-0.4, -0.2) is 76.7 Å². The number of aromatic nitrogens is 6. The van der Waals surface area contributed by atoms with E-state index in [0.29, 0.717) is 28.5 Å². The van der Waals surface area contributed by atoms with Crippen LogP contribution in [0.15, 0.2) is 154 Å². The van der Waals surface area contributed by atoms with Crippen molar-refractivity contribution < 1.29 is 18.9 Å². The lowest BCUT2D eigenvalue weighted by Crippen LogP contribution is -2.30. The summed E-state index contributed by atoms with van der Waals surface area (Å²) in [6.07, 6.45) is -0.667. The van der Waals surface area contributed by atoms with E-state index in [1.54, 1.807) is 12.1 Å². The summed E-state index contributed by atoms with van der Waals surface area (Å²) >= 11 is 17.5. The molecule has 6 radical (unpaired) electrons. The third-order valence-corrected chi connectivity index (χ3v) is 9.12. The highest BCUT2D eigenvalue weighted by Gasteiger charge is 2.19. The molecule has 0 aliphatic carbocycles. The number of fused-ring (bicyclic) bond motifs is 6. The van der Waals surface area contributed by atoms with Gasteiger partial charge in [-0.2, -0.15) is 24.9 Å². The highest BCUT2D eigenvalue weighted by atomic mass is 35.5. The van der Waals surface area contributed by atoms with E-state index < -0.39 is 13.5 Å². The Morgan fingerprint density at radius 1 is 0.417 bits per heavy atom. The Bertz CT molecular complexity index is 3010. The normalized spacial score (nSPS) is 10.6. The van der Waals surface area contributed by atoms with Gasteiger partial charge in [-0.1, -0.05) is 121 Å². The van der Waals surface area contributed by atoms with Gasteiger partial charge in [0.25, 0.3) is 0 Å². The van der Waals surface area contributed by atoms with E-state index in [4.69, 9.17) is 43.6 Å². The quantitative estimate of drug-likeness (QED) is 0.166. The summed E-state index contributed by atoms with van der Waals surface area (Å²) in [5.74, 6) is 1.56. The Morgan fingerprint density at radius 3 is 1.35 bits per heavy atom. The van der Waals surface area contributed by atoms with Crippen molar-refractivity contribution in [1.29, 1.82) is 0 Å². The minimum atomic E-state index is -1.48. The molecule has 18 heteroatoms. The SMILES string of the molecule is Clc1nc(-c2ccccc2)nc(-c2cccc3oc4ccccc4c23)n1.Clc1nc(Cl)nc(-c2ccccc2)n1.OB(O)c1cccc2oc3ccccc3c12.[B]B([B])[B]. The van der Waals surface area contributed by atoms with Crippen molar-refractivity contribution in [3.8, 4) is 34.2 Å². The molecule has 0 bridgehead atoms. The van der Waals surface area contributed by atoms with Crippen LogP contribution in [0.5, 0.6) is 0 Å². The van der Waals surface area contributed by atoms with Crippen molar-refractivity contribution in [3.05, 3.63) is 161 Å². The number of benzene rings is 6. The van der Waals surface area contributed by atoms with Crippen molar-refractivity contribution in [3.63, 3.8) is 0 Å². The number of hydrogen-bond acceptors (Lipinski definition) is 10. The Hall–Kier alpha value is -5.95. The van der Waals surface area contributed by atoms with E-state index in [1.165, 1.54) is 0 Å². The van der Waals surface area contributed by atoms with E-state index in [2.05, 4.69) is 53.1 Å². The van der Waals surface area contributed by atoms with Gasteiger partial charge < -0.3 is 18.9 Å². The molecule has 10 rings (SSSR count). The van der Waals surface area contributed by atoms with Crippen molar-refractivity contribution in [2.45, 2.75) is 0 Å². The van der Waals surface area contributed by atoms with Gasteiger partial charge in [-0.3, -0.25) is 0 Å². The van der Waals surface area contributed by atoms with Gasteiger partial charge in [0.2, 0.25) is 15.9 Å². The molecule has 4 aromatic heterocycles. The van der Waals surface area contributed by atoms with Gasteiger partial charge in [0.15, 0.2) is 17.5 Å². The van der Waals surface area contributed by atoms with Gasteiger partial charge in [-0.25, -0.2) is 4.98 Å². The molecule has 60 heavy (non-hydrogen) atoms. The lowest BCUT2D eigenvalue weighted by molar-refractivity contribution is 0.426. The zero-order valence-electron chi connectivity index (χ0n) is 31.3. The third-order valence-electron chi connectivity index (χ3n) is 8.61. The summed E-state index contributed by atoms with van der Waals surface area (Å²) < 4.78 is 11.6. The summed E-state index contributed by atoms with van der Waals surface area (Å²) in [5.41, 5.74) is 6.15. The molecule has 0 saturated carbocycles. The van der Waals surface area contributed by atoms with Crippen LogP contribution in [-0.2, 0) is 0 Å². The summed E-state index contributed by atoms with van der Waals surface area (Å²) in [5, 5.41) is 22.7. The van der Waals surface area contributed by atoms with E-state index in [1.807, 2.05) is 133 Å². The van der Waals surface area contributed by atoms with Crippen LogP contribution in [0, 0.1) is 0 Å². The Balaban J connectivity index is 0.000000138. The fraction of sp³-hybridized carbons (Fsp3) is 0. The number of halogens is 3. The molecule has 6 aromatic carbocycles. The number of hydrogen-bond donors (Lipinski definition) is 2.